The first-order valence-electron chi connectivity index (χ1n) is 7.01. The van der Waals surface area contributed by atoms with Crippen molar-refractivity contribution in [1.29, 1.82) is 0 Å². The van der Waals surface area contributed by atoms with Crippen LogP contribution in [0.25, 0.3) is 0 Å². The third kappa shape index (κ3) is 3.72. The summed E-state index contributed by atoms with van der Waals surface area (Å²) in [4.78, 5) is 2.47. The second-order valence-electron chi connectivity index (χ2n) is 6.44. The number of terminal acetylenes is 1. The molecule has 1 N–H and O–H groups in total. The molecular formula is C15H26N2. The van der Waals surface area contributed by atoms with Gasteiger partial charge in [-0.05, 0) is 43.6 Å². The summed E-state index contributed by atoms with van der Waals surface area (Å²) < 4.78 is 0. The van der Waals surface area contributed by atoms with E-state index < -0.39 is 0 Å². The Bertz CT molecular complexity index is 286. The third-order valence-electron chi connectivity index (χ3n) is 4.30. The summed E-state index contributed by atoms with van der Waals surface area (Å²) in [6.45, 7) is 9.07. The number of nitrogens with one attached hydrogen (secondary N) is 1. The molecule has 0 aromatic heterocycles. The van der Waals surface area contributed by atoms with E-state index in [9.17, 15) is 0 Å². The Balaban J connectivity index is 1.88. The molecule has 17 heavy (non-hydrogen) atoms. The Labute approximate surface area is 106 Å². The van der Waals surface area contributed by atoms with Gasteiger partial charge in [0.2, 0.25) is 0 Å². The average Bonchev–Trinajstić information content (AvgIpc) is 3.05. The van der Waals surface area contributed by atoms with Gasteiger partial charge in [-0.1, -0.05) is 19.8 Å². The first kappa shape index (κ1) is 12.9. The molecule has 0 amide bonds. The molecule has 2 nitrogen and oxygen atoms in total. The van der Waals surface area contributed by atoms with Crippen LogP contribution in [0.5, 0.6) is 0 Å². The van der Waals surface area contributed by atoms with Gasteiger partial charge in [0, 0.05) is 19.1 Å². The first-order valence-corrected chi connectivity index (χ1v) is 7.01. The second kappa shape index (κ2) is 5.42. The van der Waals surface area contributed by atoms with E-state index in [1.54, 1.807) is 0 Å². The molecule has 1 unspecified atom stereocenters. The molecule has 96 valence electrons. The minimum atomic E-state index is 0.411. The van der Waals surface area contributed by atoms with Crippen LogP contribution in [0.1, 0.15) is 39.5 Å². The summed E-state index contributed by atoms with van der Waals surface area (Å²) in [6, 6.07) is 0.600. The molecule has 0 aromatic rings. The van der Waals surface area contributed by atoms with Crippen molar-refractivity contribution in [3.63, 3.8) is 0 Å². The molecule has 2 fully saturated rings. The monoisotopic (exact) mass is 234 g/mol. The average molecular weight is 234 g/mol. The van der Waals surface area contributed by atoms with Gasteiger partial charge >= 0.3 is 0 Å². The molecule has 1 heterocycles. The van der Waals surface area contributed by atoms with E-state index in [2.05, 4.69) is 30.0 Å². The fraction of sp³-hybridized carbons (Fsp3) is 0.867. The van der Waals surface area contributed by atoms with Crippen molar-refractivity contribution in [1.82, 2.24) is 10.2 Å². The lowest BCUT2D eigenvalue weighted by Gasteiger charge is -2.41. The maximum absolute atomic E-state index is 5.49. The predicted molar refractivity (Wildman–Crippen MR) is 72.8 cm³/mol. The van der Waals surface area contributed by atoms with Crippen molar-refractivity contribution < 1.29 is 0 Å². The Hall–Kier alpha value is -0.520. The van der Waals surface area contributed by atoms with Crippen molar-refractivity contribution >= 4 is 0 Å². The number of nitrogens with zero attached hydrogens (tertiary/aromatic N) is 1. The maximum atomic E-state index is 5.49. The van der Waals surface area contributed by atoms with E-state index in [1.165, 1.54) is 38.8 Å². The molecule has 0 aromatic carbocycles. The summed E-state index contributed by atoms with van der Waals surface area (Å²) in [5.41, 5.74) is 0.411. The van der Waals surface area contributed by atoms with Crippen LogP contribution in [0.15, 0.2) is 0 Å². The fourth-order valence-electron chi connectivity index (χ4n) is 2.84. The zero-order valence-corrected chi connectivity index (χ0v) is 11.3. The quantitative estimate of drug-likeness (QED) is 0.733. The summed E-state index contributed by atoms with van der Waals surface area (Å²) in [7, 11) is 0. The van der Waals surface area contributed by atoms with Crippen LogP contribution in [0.3, 0.4) is 0 Å². The van der Waals surface area contributed by atoms with Crippen LogP contribution in [0.2, 0.25) is 0 Å². The highest BCUT2D eigenvalue weighted by Gasteiger charge is 2.34. The van der Waals surface area contributed by atoms with Crippen molar-refractivity contribution in [2.45, 2.75) is 45.6 Å². The highest BCUT2D eigenvalue weighted by Crippen LogP contribution is 2.32. The van der Waals surface area contributed by atoms with E-state index in [0.29, 0.717) is 11.5 Å². The van der Waals surface area contributed by atoms with E-state index >= 15 is 0 Å². The SMILES string of the molecule is C#CCN(CC1CC1)CC1NCCCC1(C)C. The lowest BCUT2D eigenvalue weighted by atomic mass is 9.77. The van der Waals surface area contributed by atoms with Crippen molar-refractivity contribution in [2.75, 3.05) is 26.2 Å². The Morgan fingerprint density at radius 1 is 1.35 bits per heavy atom. The number of rotatable bonds is 5. The standard InChI is InChI=1S/C15H26N2/c1-4-10-17(11-13-6-7-13)12-14-15(2,3)8-5-9-16-14/h1,13-14,16H,5-12H2,2-3H3. The topological polar surface area (TPSA) is 15.3 Å². The highest BCUT2D eigenvalue weighted by atomic mass is 15.2. The van der Waals surface area contributed by atoms with Gasteiger partial charge in [0.05, 0.1) is 6.54 Å². The zero-order chi connectivity index (χ0) is 12.3. The van der Waals surface area contributed by atoms with E-state index in [0.717, 1.165) is 19.0 Å². The van der Waals surface area contributed by atoms with Crippen LogP contribution < -0.4 is 5.32 Å². The molecule has 1 atom stereocenters. The van der Waals surface area contributed by atoms with Gasteiger partial charge in [-0.3, -0.25) is 4.90 Å². The predicted octanol–water partition coefficient (Wildman–Crippen LogP) is 2.11. The minimum absolute atomic E-state index is 0.411. The number of piperidine rings is 1. The van der Waals surface area contributed by atoms with E-state index in [4.69, 9.17) is 6.42 Å². The molecule has 2 rings (SSSR count). The van der Waals surface area contributed by atoms with Crippen LogP contribution in [0.4, 0.5) is 0 Å². The molecule has 0 bridgehead atoms. The van der Waals surface area contributed by atoms with Crippen LogP contribution in [-0.4, -0.2) is 37.1 Å². The van der Waals surface area contributed by atoms with Crippen molar-refractivity contribution in [3.05, 3.63) is 0 Å². The molecule has 2 heteroatoms. The highest BCUT2D eigenvalue weighted by molar-refractivity contribution is 4.95. The first-order chi connectivity index (χ1) is 8.12. The van der Waals surface area contributed by atoms with Crippen LogP contribution >= 0.6 is 0 Å². The van der Waals surface area contributed by atoms with Crippen molar-refractivity contribution in [3.8, 4) is 12.3 Å². The molecule has 1 aliphatic carbocycles. The van der Waals surface area contributed by atoms with E-state index in [-0.39, 0.29) is 0 Å². The smallest absolute Gasteiger partial charge is 0.0599 e. The molecule has 1 saturated heterocycles. The molecule has 1 saturated carbocycles. The van der Waals surface area contributed by atoms with Crippen LogP contribution in [0, 0.1) is 23.7 Å². The number of hydrogen-bond donors (Lipinski definition) is 1. The van der Waals surface area contributed by atoms with Crippen LogP contribution in [-0.2, 0) is 0 Å². The van der Waals surface area contributed by atoms with Gasteiger partial charge in [-0.2, -0.15) is 0 Å². The molecule has 0 radical (unpaired) electrons. The Morgan fingerprint density at radius 3 is 2.71 bits per heavy atom. The van der Waals surface area contributed by atoms with Gasteiger partial charge in [0.15, 0.2) is 0 Å². The van der Waals surface area contributed by atoms with Gasteiger partial charge in [0.1, 0.15) is 0 Å². The largest absolute Gasteiger partial charge is 0.312 e. The van der Waals surface area contributed by atoms with Crippen molar-refractivity contribution in [2.24, 2.45) is 11.3 Å². The molecule has 1 aliphatic heterocycles. The fourth-order valence-corrected chi connectivity index (χ4v) is 2.84. The summed E-state index contributed by atoms with van der Waals surface area (Å²) in [5.74, 6) is 3.74. The van der Waals surface area contributed by atoms with Gasteiger partial charge in [-0.25, -0.2) is 0 Å². The summed E-state index contributed by atoms with van der Waals surface area (Å²) in [5, 5.41) is 3.68. The summed E-state index contributed by atoms with van der Waals surface area (Å²) in [6.07, 6.45) is 10.9. The van der Waals surface area contributed by atoms with Gasteiger partial charge in [0.25, 0.3) is 0 Å². The lowest BCUT2D eigenvalue weighted by molar-refractivity contribution is 0.130. The summed E-state index contributed by atoms with van der Waals surface area (Å²) >= 11 is 0. The zero-order valence-electron chi connectivity index (χ0n) is 11.3. The third-order valence-corrected chi connectivity index (χ3v) is 4.30. The van der Waals surface area contributed by atoms with Gasteiger partial charge in [-0.15, -0.1) is 6.42 Å². The normalized spacial score (nSPS) is 28.0. The second-order valence-corrected chi connectivity index (χ2v) is 6.44. The lowest BCUT2D eigenvalue weighted by Crippen LogP contribution is -2.53. The molecular weight excluding hydrogens is 208 g/mol. The van der Waals surface area contributed by atoms with E-state index in [1.807, 2.05) is 0 Å². The maximum Gasteiger partial charge on any atom is 0.0599 e. The Morgan fingerprint density at radius 2 is 2.12 bits per heavy atom. The Kier molecular flexibility index (Phi) is 4.12. The van der Waals surface area contributed by atoms with Gasteiger partial charge < -0.3 is 5.32 Å². The minimum Gasteiger partial charge on any atom is -0.312 e. The molecule has 2 aliphatic rings. The number of hydrogen-bond acceptors (Lipinski definition) is 2. The molecule has 0 spiro atoms.